The molecule has 0 bridgehead atoms. The molecular formula is C25H25N3O2S. The summed E-state index contributed by atoms with van der Waals surface area (Å²) in [6.45, 7) is 8.01. The average Bonchev–Trinajstić information content (AvgIpc) is 3.22. The summed E-state index contributed by atoms with van der Waals surface area (Å²) < 4.78 is 0. The number of anilines is 2. The SMILES string of the molecule is Cc1ccc(NC(=O)CN2C(=O)CC(c3cccs3)=Nc3cc(C)c(C)cc32)cc1C. The fraction of sp³-hybridized carbons (Fsp3) is 0.240. The van der Waals surface area contributed by atoms with Crippen LogP contribution in [0, 0.1) is 27.7 Å². The predicted molar refractivity (Wildman–Crippen MR) is 128 cm³/mol. The standard InChI is InChI=1S/C25H25N3O2S/c1-15-7-8-19(10-16(15)2)26-24(29)14-28-22-12-18(4)17(3)11-20(22)27-21(13-25(28)30)23-6-5-9-31-23/h5-12H,13-14H2,1-4H3,(H,26,29). The summed E-state index contributed by atoms with van der Waals surface area (Å²) in [5, 5.41) is 4.90. The molecule has 1 aromatic heterocycles. The lowest BCUT2D eigenvalue weighted by molar-refractivity contribution is -0.120. The Morgan fingerprint density at radius 1 is 1.03 bits per heavy atom. The molecule has 0 aliphatic carbocycles. The number of nitrogens with one attached hydrogen (secondary N) is 1. The molecule has 158 valence electrons. The fourth-order valence-corrected chi connectivity index (χ4v) is 4.29. The van der Waals surface area contributed by atoms with Crippen molar-refractivity contribution in [1.82, 2.24) is 0 Å². The maximum absolute atomic E-state index is 13.2. The Hall–Kier alpha value is -3.25. The van der Waals surface area contributed by atoms with Gasteiger partial charge in [0, 0.05) is 10.6 Å². The van der Waals surface area contributed by atoms with E-state index in [1.807, 2.05) is 75.5 Å². The summed E-state index contributed by atoms with van der Waals surface area (Å²) in [6.07, 6.45) is 0.157. The van der Waals surface area contributed by atoms with Crippen molar-refractivity contribution in [3.63, 3.8) is 0 Å². The molecule has 2 aromatic carbocycles. The van der Waals surface area contributed by atoms with E-state index in [0.29, 0.717) is 5.69 Å². The van der Waals surface area contributed by atoms with Gasteiger partial charge in [0.15, 0.2) is 0 Å². The van der Waals surface area contributed by atoms with Crippen LogP contribution < -0.4 is 10.2 Å². The minimum atomic E-state index is -0.236. The number of hydrogen-bond donors (Lipinski definition) is 1. The molecule has 5 nitrogen and oxygen atoms in total. The van der Waals surface area contributed by atoms with Crippen LogP contribution in [0.1, 0.15) is 33.6 Å². The largest absolute Gasteiger partial charge is 0.325 e. The number of nitrogens with zero attached hydrogens (tertiary/aromatic N) is 2. The maximum atomic E-state index is 13.2. The lowest BCUT2D eigenvalue weighted by atomic mass is 10.1. The molecule has 0 unspecified atom stereocenters. The van der Waals surface area contributed by atoms with E-state index in [0.717, 1.165) is 38.7 Å². The Kier molecular flexibility index (Phi) is 5.74. The molecule has 1 N–H and O–H groups in total. The first-order valence-corrected chi connectivity index (χ1v) is 11.1. The second-order valence-electron chi connectivity index (χ2n) is 7.96. The highest BCUT2D eigenvalue weighted by Gasteiger charge is 2.27. The smallest absolute Gasteiger partial charge is 0.244 e. The van der Waals surface area contributed by atoms with Crippen molar-refractivity contribution in [2.24, 2.45) is 4.99 Å². The van der Waals surface area contributed by atoms with Crippen LogP contribution in [0.15, 0.2) is 52.8 Å². The summed E-state index contributed by atoms with van der Waals surface area (Å²) in [5.74, 6) is -0.371. The van der Waals surface area contributed by atoms with Gasteiger partial charge in [0.25, 0.3) is 0 Å². The normalized spacial score (nSPS) is 13.5. The Morgan fingerprint density at radius 2 is 1.77 bits per heavy atom. The molecule has 1 aliphatic heterocycles. The first-order chi connectivity index (χ1) is 14.8. The van der Waals surface area contributed by atoms with Crippen molar-refractivity contribution in [2.75, 3.05) is 16.8 Å². The van der Waals surface area contributed by atoms with Gasteiger partial charge in [0.05, 0.1) is 23.5 Å². The van der Waals surface area contributed by atoms with E-state index >= 15 is 0 Å². The van der Waals surface area contributed by atoms with Gasteiger partial charge >= 0.3 is 0 Å². The first-order valence-electron chi connectivity index (χ1n) is 10.2. The van der Waals surface area contributed by atoms with E-state index in [1.54, 1.807) is 16.2 Å². The quantitative estimate of drug-likeness (QED) is 0.595. The van der Waals surface area contributed by atoms with Crippen LogP contribution in [-0.4, -0.2) is 24.1 Å². The van der Waals surface area contributed by atoms with Gasteiger partial charge in [-0.1, -0.05) is 12.1 Å². The number of amides is 2. The third-order valence-electron chi connectivity index (χ3n) is 5.65. The Labute approximate surface area is 186 Å². The van der Waals surface area contributed by atoms with Crippen molar-refractivity contribution < 1.29 is 9.59 Å². The fourth-order valence-electron chi connectivity index (χ4n) is 3.57. The number of aryl methyl sites for hydroxylation is 4. The number of fused-ring (bicyclic) bond motifs is 1. The van der Waals surface area contributed by atoms with Gasteiger partial charge in [-0.25, -0.2) is 4.99 Å². The third kappa shape index (κ3) is 4.44. The van der Waals surface area contributed by atoms with Crippen LogP contribution in [0.4, 0.5) is 17.1 Å². The Morgan fingerprint density at radius 3 is 2.48 bits per heavy atom. The molecule has 0 saturated heterocycles. The number of aliphatic imine (C=N–C) groups is 1. The number of hydrogen-bond acceptors (Lipinski definition) is 4. The Balaban J connectivity index is 1.65. The van der Waals surface area contributed by atoms with E-state index in [-0.39, 0.29) is 24.8 Å². The molecule has 4 rings (SSSR count). The number of carbonyl (C=O) groups is 2. The summed E-state index contributed by atoms with van der Waals surface area (Å²) in [4.78, 5) is 33.5. The maximum Gasteiger partial charge on any atom is 0.244 e. The van der Waals surface area contributed by atoms with Gasteiger partial charge in [-0.05, 0) is 85.7 Å². The molecule has 0 saturated carbocycles. The minimum absolute atomic E-state index is 0.0610. The van der Waals surface area contributed by atoms with Crippen molar-refractivity contribution in [2.45, 2.75) is 34.1 Å². The molecule has 0 atom stereocenters. The van der Waals surface area contributed by atoms with Crippen molar-refractivity contribution in [1.29, 1.82) is 0 Å². The number of carbonyl (C=O) groups excluding carboxylic acids is 2. The monoisotopic (exact) mass is 431 g/mol. The summed E-state index contributed by atoms with van der Waals surface area (Å²) in [6, 6.07) is 13.7. The van der Waals surface area contributed by atoms with Gasteiger partial charge in [-0.3, -0.25) is 9.59 Å². The molecule has 2 heterocycles. The predicted octanol–water partition coefficient (Wildman–Crippen LogP) is 5.48. The van der Waals surface area contributed by atoms with Crippen LogP contribution in [0.2, 0.25) is 0 Å². The van der Waals surface area contributed by atoms with Crippen LogP contribution >= 0.6 is 11.3 Å². The van der Waals surface area contributed by atoms with Crippen LogP contribution in [0.5, 0.6) is 0 Å². The highest BCUT2D eigenvalue weighted by atomic mass is 32.1. The summed E-state index contributed by atoms with van der Waals surface area (Å²) in [5.41, 5.74) is 7.29. The zero-order chi connectivity index (χ0) is 22.1. The number of rotatable bonds is 4. The molecule has 6 heteroatoms. The molecule has 2 amide bonds. The molecule has 0 fully saturated rings. The van der Waals surface area contributed by atoms with Crippen LogP contribution in [-0.2, 0) is 9.59 Å². The minimum Gasteiger partial charge on any atom is -0.325 e. The molecule has 31 heavy (non-hydrogen) atoms. The lowest BCUT2D eigenvalue weighted by Gasteiger charge is -2.23. The molecule has 1 aliphatic rings. The first kappa shape index (κ1) is 21.0. The van der Waals surface area contributed by atoms with E-state index in [4.69, 9.17) is 4.99 Å². The lowest BCUT2D eigenvalue weighted by Crippen LogP contribution is -2.38. The molecular weight excluding hydrogens is 406 g/mol. The molecule has 0 spiro atoms. The second-order valence-corrected chi connectivity index (χ2v) is 8.91. The van der Waals surface area contributed by atoms with Crippen molar-refractivity contribution >= 4 is 45.9 Å². The van der Waals surface area contributed by atoms with Gasteiger partial charge in [-0.15, -0.1) is 11.3 Å². The van der Waals surface area contributed by atoms with E-state index < -0.39 is 0 Å². The van der Waals surface area contributed by atoms with Crippen molar-refractivity contribution in [3.05, 3.63) is 75.0 Å². The highest BCUT2D eigenvalue weighted by Crippen LogP contribution is 2.36. The van der Waals surface area contributed by atoms with E-state index in [9.17, 15) is 9.59 Å². The van der Waals surface area contributed by atoms with E-state index in [1.165, 1.54) is 5.56 Å². The summed E-state index contributed by atoms with van der Waals surface area (Å²) in [7, 11) is 0. The van der Waals surface area contributed by atoms with Gasteiger partial charge in [0.2, 0.25) is 11.8 Å². The van der Waals surface area contributed by atoms with Gasteiger partial charge in [-0.2, -0.15) is 0 Å². The second kappa shape index (κ2) is 8.47. The zero-order valence-electron chi connectivity index (χ0n) is 18.2. The Bertz CT molecular complexity index is 1200. The van der Waals surface area contributed by atoms with E-state index in [2.05, 4.69) is 5.32 Å². The van der Waals surface area contributed by atoms with Gasteiger partial charge < -0.3 is 10.2 Å². The highest BCUT2D eigenvalue weighted by molar-refractivity contribution is 7.12. The topological polar surface area (TPSA) is 61.8 Å². The van der Waals surface area contributed by atoms with Crippen LogP contribution in [0.3, 0.4) is 0 Å². The number of benzene rings is 2. The summed E-state index contributed by atoms with van der Waals surface area (Å²) >= 11 is 1.56. The molecule has 3 aromatic rings. The van der Waals surface area contributed by atoms with Crippen molar-refractivity contribution in [3.8, 4) is 0 Å². The van der Waals surface area contributed by atoms with Crippen LogP contribution in [0.25, 0.3) is 0 Å². The third-order valence-corrected chi connectivity index (χ3v) is 6.57. The average molecular weight is 432 g/mol. The zero-order valence-corrected chi connectivity index (χ0v) is 19.0. The molecule has 0 radical (unpaired) electrons. The van der Waals surface area contributed by atoms with Gasteiger partial charge in [0.1, 0.15) is 6.54 Å². The number of thiophene rings is 1.